The van der Waals surface area contributed by atoms with Crippen molar-refractivity contribution in [1.29, 1.82) is 0 Å². The lowest BCUT2D eigenvalue weighted by Crippen LogP contribution is -2.04. The zero-order valence-corrected chi connectivity index (χ0v) is 20.3. The molecule has 0 aliphatic heterocycles. The average molecular weight is 466 g/mol. The molecule has 2 aromatic carbocycles. The molecule has 7 heteroatoms. The van der Waals surface area contributed by atoms with Gasteiger partial charge < -0.3 is 14.8 Å². The number of nitrogens with one attached hydrogen (secondary N) is 1. The molecule has 172 valence electrons. The summed E-state index contributed by atoms with van der Waals surface area (Å²) in [5.41, 5.74) is 7.76. The lowest BCUT2D eigenvalue weighted by atomic mass is 9.98. The zero-order valence-electron chi connectivity index (χ0n) is 19.5. The second kappa shape index (κ2) is 8.94. The number of aromatic nitrogens is 3. The molecule has 0 bridgehead atoms. The highest BCUT2D eigenvalue weighted by Gasteiger charge is 2.21. The number of nitrogens with zero attached hydrogens (tertiary/aromatic N) is 2. The Labute approximate surface area is 198 Å². The number of carbonyl (C=O) groups is 1. The molecular weight excluding hydrogens is 438 g/mol. The van der Waals surface area contributed by atoms with Crippen LogP contribution in [-0.4, -0.2) is 32.4 Å². The molecular formula is C26H28ClN3O3. The second-order valence-electron chi connectivity index (χ2n) is 8.50. The van der Waals surface area contributed by atoms with E-state index in [4.69, 9.17) is 16.3 Å². The number of fused-ring (bicyclic) bond motifs is 1. The Morgan fingerprint density at radius 2 is 1.88 bits per heavy atom. The fourth-order valence-corrected chi connectivity index (χ4v) is 4.63. The fourth-order valence-electron chi connectivity index (χ4n) is 4.52. The van der Waals surface area contributed by atoms with Crippen LogP contribution in [0, 0.1) is 27.7 Å². The number of H-pyrrole nitrogens is 1. The zero-order chi connectivity index (χ0) is 23.9. The maximum atomic E-state index is 12.0. The Balaban J connectivity index is 1.62. The van der Waals surface area contributed by atoms with E-state index in [1.54, 1.807) is 0 Å². The van der Waals surface area contributed by atoms with E-state index in [-0.39, 0.29) is 5.69 Å². The number of benzene rings is 2. The number of rotatable bonds is 7. The van der Waals surface area contributed by atoms with Gasteiger partial charge in [0, 0.05) is 34.3 Å². The van der Waals surface area contributed by atoms with Gasteiger partial charge in [-0.2, -0.15) is 5.10 Å². The van der Waals surface area contributed by atoms with Crippen LogP contribution in [0.4, 0.5) is 0 Å². The predicted octanol–water partition coefficient (Wildman–Crippen LogP) is 6.17. The summed E-state index contributed by atoms with van der Waals surface area (Å²) in [5.74, 6) is -0.187. The first kappa shape index (κ1) is 22.9. The molecule has 2 N–H and O–H groups in total. The number of hydrogen-bond donors (Lipinski definition) is 2. The number of carboxylic acid groups (broad SMARTS) is 1. The molecule has 4 aromatic rings. The number of halogens is 1. The predicted molar refractivity (Wildman–Crippen MR) is 132 cm³/mol. The van der Waals surface area contributed by atoms with E-state index in [1.165, 1.54) is 0 Å². The van der Waals surface area contributed by atoms with Gasteiger partial charge >= 0.3 is 5.97 Å². The van der Waals surface area contributed by atoms with E-state index >= 15 is 0 Å². The van der Waals surface area contributed by atoms with Crippen LogP contribution in [0.25, 0.3) is 22.0 Å². The molecule has 6 nitrogen and oxygen atoms in total. The van der Waals surface area contributed by atoms with Crippen molar-refractivity contribution >= 4 is 28.5 Å². The van der Waals surface area contributed by atoms with Crippen molar-refractivity contribution < 1.29 is 14.6 Å². The van der Waals surface area contributed by atoms with Crippen LogP contribution < -0.4 is 4.74 Å². The first-order valence-electron chi connectivity index (χ1n) is 11.0. The number of aromatic carboxylic acids is 1. The van der Waals surface area contributed by atoms with Gasteiger partial charge in [-0.25, -0.2) is 4.79 Å². The highest BCUT2D eigenvalue weighted by atomic mass is 35.5. The van der Waals surface area contributed by atoms with E-state index in [9.17, 15) is 9.90 Å². The van der Waals surface area contributed by atoms with Gasteiger partial charge in [-0.05, 0) is 69.4 Å². The summed E-state index contributed by atoms with van der Waals surface area (Å²) in [6.07, 6.45) is 1.27. The average Bonchev–Trinajstić information content (AvgIpc) is 3.26. The maximum absolute atomic E-state index is 12.0. The minimum absolute atomic E-state index is 0.231. The fraction of sp³-hybridized carbons (Fsp3) is 0.308. The van der Waals surface area contributed by atoms with Crippen molar-refractivity contribution in [1.82, 2.24) is 14.8 Å². The smallest absolute Gasteiger partial charge is 0.352 e. The largest absolute Gasteiger partial charge is 0.494 e. The highest BCUT2D eigenvalue weighted by Crippen LogP contribution is 2.35. The molecule has 4 rings (SSSR count). The molecule has 0 spiro atoms. The van der Waals surface area contributed by atoms with Gasteiger partial charge in [-0.1, -0.05) is 29.8 Å². The summed E-state index contributed by atoms with van der Waals surface area (Å²) in [7, 11) is 1.92. The summed E-state index contributed by atoms with van der Waals surface area (Å²) in [6.45, 7) is 8.38. The molecule has 0 fully saturated rings. The van der Waals surface area contributed by atoms with Crippen molar-refractivity contribution in [3.8, 4) is 16.9 Å². The number of hydrogen-bond acceptors (Lipinski definition) is 3. The van der Waals surface area contributed by atoms with E-state index in [2.05, 4.69) is 10.1 Å². The quantitative estimate of drug-likeness (QED) is 0.320. The van der Waals surface area contributed by atoms with Crippen molar-refractivity contribution in [2.75, 3.05) is 6.61 Å². The van der Waals surface area contributed by atoms with E-state index in [0.717, 1.165) is 60.9 Å². The van der Waals surface area contributed by atoms with Crippen LogP contribution in [0.15, 0.2) is 30.3 Å². The van der Waals surface area contributed by atoms with Crippen LogP contribution >= 0.6 is 11.6 Å². The van der Waals surface area contributed by atoms with Crippen molar-refractivity contribution in [2.45, 2.75) is 40.5 Å². The standard InChI is InChI=1S/C26H28ClN3O3/c1-14-12-18(13-15(2)23(14)27)33-11-7-10-20-19-8-6-9-21(24(19)28-25(20)26(31)32)22-16(3)29-30(5)17(22)4/h6,8-9,12-13,28H,7,10-11H2,1-5H3,(H,31,32). The maximum Gasteiger partial charge on any atom is 0.352 e. The normalized spacial score (nSPS) is 11.3. The molecule has 0 unspecified atom stereocenters. The van der Waals surface area contributed by atoms with Crippen molar-refractivity contribution in [2.24, 2.45) is 7.05 Å². The van der Waals surface area contributed by atoms with Gasteiger partial charge in [0.15, 0.2) is 0 Å². The SMILES string of the molecule is Cc1cc(OCCCc2c(C(=O)O)[nH]c3c(-c4c(C)nn(C)c4C)cccc23)cc(C)c1Cl. The van der Waals surface area contributed by atoms with Crippen LogP contribution in [0.1, 0.15) is 45.0 Å². The lowest BCUT2D eigenvalue weighted by molar-refractivity contribution is 0.0690. The summed E-state index contributed by atoms with van der Waals surface area (Å²) >= 11 is 6.24. The van der Waals surface area contributed by atoms with Gasteiger partial charge in [-0.15, -0.1) is 0 Å². The third-order valence-corrected chi connectivity index (χ3v) is 6.78. The van der Waals surface area contributed by atoms with Gasteiger partial charge in [-0.3, -0.25) is 4.68 Å². The first-order valence-corrected chi connectivity index (χ1v) is 11.3. The molecule has 2 aromatic heterocycles. The highest BCUT2D eigenvalue weighted by molar-refractivity contribution is 6.32. The third kappa shape index (κ3) is 4.23. The minimum atomic E-state index is -0.961. The number of aromatic amines is 1. The van der Waals surface area contributed by atoms with E-state index in [1.807, 2.05) is 69.8 Å². The van der Waals surface area contributed by atoms with Gasteiger partial charge in [0.05, 0.1) is 17.8 Å². The molecule has 2 heterocycles. The van der Waals surface area contributed by atoms with Crippen molar-refractivity contribution in [3.63, 3.8) is 0 Å². The molecule has 0 saturated carbocycles. The summed E-state index contributed by atoms with van der Waals surface area (Å²) in [5, 5.41) is 16.1. The molecule has 0 aliphatic rings. The first-order chi connectivity index (χ1) is 15.7. The third-order valence-electron chi connectivity index (χ3n) is 6.18. The van der Waals surface area contributed by atoms with E-state index in [0.29, 0.717) is 19.4 Å². The topological polar surface area (TPSA) is 80.1 Å². The Kier molecular flexibility index (Phi) is 6.21. The lowest BCUT2D eigenvalue weighted by Gasteiger charge is -2.10. The Bertz CT molecular complexity index is 1340. The molecule has 33 heavy (non-hydrogen) atoms. The molecule has 0 amide bonds. The van der Waals surface area contributed by atoms with Crippen LogP contribution in [0.5, 0.6) is 5.75 Å². The van der Waals surface area contributed by atoms with Gasteiger partial charge in [0.2, 0.25) is 0 Å². The minimum Gasteiger partial charge on any atom is -0.494 e. The second-order valence-corrected chi connectivity index (χ2v) is 8.88. The summed E-state index contributed by atoms with van der Waals surface area (Å²) in [6, 6.07) is 9.82. The molecule has 0 aliphatic carbocycles. The number of carboxylic acids is 1. The molecule has 0 radical (unpaired) electrons. The Morgan fingerprint density at radius 3 is 2.48 bits per heavy atom. The van der Waals surface area contributed by atoms with Gasteiger partial charge in [0.25, 0.3) is 0 Å². The van der Waals surface area contributed by atoms with E-state index < -0.39 is 5.97 Å². The molecule has 0 atom stereocenters. The van der Waals surface area contributed by atoms with Crippen LogP contribution in [0.2, 0.25) is 5.02 Å². The number of ether oxygens (including phenoxy) is 1. The Morgan fingerprint density at radius 1 is 1.18 bits per heavy atom. The summed E-state index contributed by atoms with van der Waals surface area (Å²) < 4.78 is 7.78. The van der Waals surface area contributed by atoms with Crippen LogP contribution in [-0.2, 0) is 13.5 Å². The Hall–Kier alpha value is -3.25. The summed E-state index contributed by atoms with van der Waals surface area (Å²) in [4.78, 5) is 15.2. The number of para-hydroxylation sites is 1. The van der Waals surface area contributed by atoms with Crippen molar-refractivity contribution in [3.05, 3.63) is 69.1 Å². The van der Waals surface area contributed by atoms with Gasteiger partial charge in [0.1, 0.15) is 11.4 Å². The molecule has 0 saturated heterocycles. The van der Waals surface area contributed by atoms with Crippen LogP contribution in [0.3, 0.4) is 0 Å². The number of aryl methyl sites for hydroxylation is 5. The monoisotopic (exact) mass is 465 g/mol.